The molecule has 0 aromatic heterocycles. The predicted octanol–water partition coefficient (Wildman–Crippen LogP) is 4.96. The predicted molar refractivity (Wildman–Crippen MR) is 198 cm³/mol. The molecule has 2 saturated carbocycles. The van der Waals surface area contributed by atoms with Crippen molar-refractivity contribution in [3.05, 3.63) is 144 Å². The zero-order valence-corrected chi connectivity index (χ0v) is 29.7. The number of carbonyl (C=O) groups excluding carboxylic acids is 4. The fourth-order valence-corrected chi connectivity index (χ4v) is 7.89. The fraction of sp³-hybridized carbons (Fsp3) is 0.364. The quantitative estimate of drug-likeness (QED) is 0.123. The van der Waals surface area contributed by atoms with Crippen LogP contribution in [0.1, 0.15) is 36.1 Å². The van der Waals surface area contributed by atoms with Crippen molar-refractivity contribution < 1.29 is 29.4 Å². The maximum absolute atomic E-state index is 14.3. The third-order valence-electron chi connectivity index (χ3n) is 11.1. The van der Waals surface area contributed by atoms with Gasteiger partial charge < -0.3 is 20.8 Å². The molecule has 0 radical (unpaired) electrons. The van der Waals surface area contributed by atoms with Crippen molar-refractivity contribution in [1.29, 1.82) is 0 Å². The van der Waals surface area contributed by atoms with Crippen LogP contribution in [0.15, 0.2) is 121 Å². The van der Waals surface area contributed by atoms with E-state index in [1.807, 2.05) is 135 Å². The van der Waals surface area contributed by atoms with Crippen molar-refractivity contribution in [2.75, 3.05) is 0 Å². The highest BCUT2D eigenvalue weighted by atomic mass is 16.3. The summed E-state index contributed by atoms with van der Waals surface area (Å²) < 4.78 is 0. The van der Waals surface area contributed by atoms with E-state index in [1.165, 1.54) is 0 Å². The summed E-state index contributed by atoms with van der Waals surface area (Å²) in [6.45, 7) is 4.40. The van der Waals surface area contributed by atoms with Crippen LogP contribution in [-0.2, 0) is 45.1 Å². The van der Waals surface area contributed by atoms with Gasteiger partial charge in [-0.1, -0.05) is 135 Å². The van der Waals surface area contributed by atoms with Crippen LogP contribution in [0.5, 0.6) is 0 Å². The van der Waals surface area contributed by atoms with E-state index in [0.29, 0.717) is 13.1 Å². The first-order valence-corrected chi connectivity index (χ1v) is 18.3. The second-order valence-electron chi connectivity index (χ2n) is 14.6. The molecule has 10 atom stereocenters. The Bertz CT molecular complexity index is 1680. The zero-order valence-electron chi connectivity index (χ0n) is 29.7. The third-order valence-corrected chi connectivity index (χ3v) is 11.1. The molecular formula is C44H48N2O6. The molecule has 0 spiro atoms. The smallest absolute Gasteiger partial charge is 0.224 e. The summed E-state index contributed by atoms with van der Waals surface area (Å²) in [5.41, 5.74) is 3.48. The first-order chi connectivity index (χ1) is 25.2. The van der Waals surface area contributed by atoms with Gasteiger partial charge in [0.2, 0.25) is 11.8 Å². The average molecular weight is 701 g/mol. The lowest BCUT2D eigenvalue weighted by atomic mass is 9.78. The van der Waals surface area contributed by atoms with Gasteiger partial charge in [-0.15, -0.1) is 0 Å². The number of Topliss-reactive ketones (excluding diaryl/α,β-unsaturated/α-hetero) is 2. The van der Waals surface area contributed by atoms with Gasteiger partial charge in [-0.05, 0) is 46.9 Å². The summed E-state index contributed by atoms with van der Waals surface area (Å²) in [7, 11) is 0. The largest absolute Gasteiger partial charge is 0.390 e. The van der Waals surface area contributed by atoms with Gasteiger partial charge in [0.15, 0.2) is 0 Å². The van der Waals surface area contributed by atoms with Crippen molar-refractivity contribution in [3.63, 3.8) is 0 Å². The molecule has 0 saturated heterocycles. The van der Waals surface area contributed by atoms with Crippen LogP contribution in [-0.4, -0.2) is 45.8 Å². The van der Waals surface area contributed by atoms with Gasteiger partial charge in [0, 0.05) is 24.9 Å². The Morgan fingerprint density at radius 1 is 0.481 bits per heavy atom. The van der Waals surface area contributed by atoms with Crippen LogP contribution >= 0.6 is 0 Å². The van der Waals surface area contributed by atoms with E-state index in [4.69, 9.17) is 0 Å². The maximum Gasteiger partial charge on any atom is 0.224 e. The molecule has 0 unspecified atom stereocenters. The fourth-order valence-electron chi connectivity index (χ4n) is 7.89. The minimum Gasteiger partial charge on any atom is -0.390 e. The van der Waals surface area contributed by atoms with E-state index in [0.717, 1.165) is 22.3 Å². The summed E-state index contributed by atoms with van der Waals surface area (Å²) in [6.07, 6.45) is -2.91. The first-order valence-electron chi connectivity index (χ1n) is 18.3. The molecule has 6 rings (SSSR count). The van der Waals surface area contributed by atoms with Crippen molar-refractivity contribution in [3.8, 4) is 0 Å². The van der Waals surface area contributed by atoms with Gasteiger partial charge in [0.05, 0.1) is 35.9 Å². The first kappa shape index (κ1) is 36.9. The summed E-state index contributed by atoms with van der Waals surface area (Å²) in [5, 5.41) is 29.9. The molecule has 2 aliphatic carbocycles. The number of carbonyl (C=O) groups is 4. The third kappa shape index (κ3) is 8.57. The molecule has 4 N–H and O–H groups in total. The molecule has 8 nitrogen and oxygen atoms in total. The number of hydrogen-bond donors (Lipinski definition) is 4. The molecule has 4 aromatic rings. The molecule has 270 valence electrons. The highest BCUT2D eigenvalue weighted by molar-refractivity contribution is 5.97. The molecule has 0 aliphatic heterocycles. The Labute approximate surface area is 305 Å². The van der Waals surface area contributed by atoms with Gasteiger partial charge in [0.25, 0.3) is 0 Å². The SMILES string of the molecule is C[C@H]1[C@@H](C(=O)NCc2ccccc2)[C@@H]1C(=O)[C@@H](Cc1ccccc1)[C@@H](O)[C@H](O)[C@H](Cc1ccccc1)C(=O)[C@@H]1[C@@H](C)[C@H]1C(=O)NCc1ccccc1. The molecule has 2 fully saturated rings. The van der Waals surface area contributed by atoms with Gasteiger partial charge >= 0.3 is 0 Å². The monoisotopic (exact) mass is 700 g/mol. The van der Waals surface area contributed by atoms with Crippen LogP contribution in [0, 0.1) is 47.3 Å². The number of aliphatic hydroxyl groups excluding tert-OH is 2. The van der Waals surface area contributed by atoms with E-state index >= 15 is 0 Å². The van der Waals surface area contributed by atoms with Crippen LogP contribution in [0.2, 0.25) is 0 Å². The van der Waals surface area contributed by atoms with Crippen LogP contribution < -0.4 is 10.6 Å². The lowest BCUT2D eigenvalue weighted by Crippen LogP contribution is -2.47. The van der Waals surface area contributed by atoms with E-state index in [-0.39, 0.29) is 48.1 Å². The Morgan fingerprint density at radius 3 is 1.08 bits per heavy atom. The molecule has 8 heteroatoms. The maximum atomic E-state index is 14.3. The number of amides is 2. The van der Waals surface area contributed by atoms with Crippen LogP contribution in [0.25, 0.3) is 0 Å². The molecular weight excluding hydrogens is 652 g/mol. The van der Waals surface area contributed by atoms with E-state index in [9.17, 15) is 29.4 Å². The number of rotatable bonds is 17. The molecule has 2 aliphatic rings. The second-order valence-corrected chi connectivity index (χ2v) is 14.6. The summed E-state index contributed by atoms with van der Waals surface area (Å²) in [6, 6.07) is 37.6. The highest BCUT2D eigenvalue weighted by Gasteiger charge is 2.60. The van der Waals surface area contributed by atoms with Gasteiger partial charge in [-0.3, -0.25) is 19.2 Å². The lowest BCUT2D eigenvalue weighted by Gasteiger charge is -2.31. The Balaban J connectivity index is 1.20. The van der Waals surface area contributed by atoms with Crippen LogP contribution in [0.4, 0.5) is 0 Å². The molecule has 0 bridgehead atoms. The van der Waals surface area contributed by atoms with Crippen molar-refractivity contribution in [2.45, 2.75) is 52.0 Å². The topological polar surface area (TPSA) is 133 Å². The normalized spacial score (nSPS) is 24.1. The molecule has 0 heterocycles. The number of ketones is 2. The number of nitrogens with one attached hydrogen (secondary N) is 2. The second kappa shape index (κ2) is 16.6. The summed E-state index contributed by atoms with van der Waals surface area (Å²) >= 11 is 0. The Hall–Kier alpha value is -4.92. The van der Waals surface area contributed by atoms with Gasteiger partial charge in [-0.25, -0.2) is 0 Å². The van der Waals surface area contributed by atoms with Crippen LogP contribution in [0.3, 0.4) is 0 Å². The molecule has 52 heavy (non-hydrogen) atoms. The number of hydrogen-bond acceptors (Lipinski definition) is 6. The van der Waals surface area contributed by atoms with E-state index < -0.39 is 47.7 Å². The minimum atomic E-state index is -1.59. The number of benzene rings is 4. The van der Waals surface area contributed by atoms with E-state index in [2.05, 4.69) is 10.6 Å². The van der Waals surface area contributed by atoms with E-state index in [1.54, 1.807) is 0 Å². The summed E-state index contributed by atoms with van der Waals surface area (Å²) in [5.74, 6) is -6.02. The zero-order chi connectivity index (χ0) is 36.8. The van der Waals surface area contributed by atoms with Gasteiger partial charge in [-0.2, -0.15) is 0 Å². The lowest BCUT2D eigenvalue weighted by molar-refractivity contribution is -0.141. The Kier molecular flexibility index (Phi) is 11.8. The molecule has 4 aromatic carbocycles. The Morgan fingerprint density at radius 2 is 0.769 bits per heavy atom. The molecule has 2 amide bonds. The highest BCUT2D eigenvalue weighted by Crippen LogP contribution is 2.50. The van der Waals surface area contributed by atoms with Crippen molar-refractivity contribution >= 4 is 23.4 Å². The summed E-state index contributed by atoms with van der Waals surface area (Å²) in [4.78, 5) is 55.2. The standard InChI is InChI=1S/C44H48N2O6/c1-27-35(37(27)43(51)45-25-31-19-11-5-12-20-31)39(47)33(23-29-15-7-3-8-16-29)41(49)42(50)34(24-30-17-9-4-10-18-30)40(48)36-28(2)38(36)44(52)46-26-32-21-13-6-14-22-32/h3-22,27-28,33-38,41-42,49-50H,23-26H2,1-2H3,(H,45,51)(H,46,52)/t27-,28-,33-,34-,35-,36-,37-,38-,41-,42-/m1/s1. The van der Waals surface area contributed by atoms with Gasteiger partial charge in [0.1, 0.15) is 11.6 Å². The van der Waals surface area contributed by atoms with Crippen molar-refractivity contribution in [1.82, 2.24) is 10.6 Å². The number of aliphatic hydroxyl groups is 2. The van der Waals surface area contributed by atoms with Crippen molar-refractivity contribution in [2.24, 2.45) is 47.3 Å². The average Bonchev–Trinajstić information content (AvgIpc) is 4.07. The minimum absolute atomic E-state index is 0.135.